The molecule has 1 saturated carbocycles. The molecule has 1 aromatic carbocycles. The number of anilines is 3. The number of benzene rings is 1. The second-order valence-corrected chi connectivity index (χ2v) is 6.29. The van der Waals surface area contributed by atoms with Crippen LogP contribution in [0.4, 0.5) is 17.5 Å². The number of rotatable bonds is 5. The molecule has 3 aromatic rings. The van der Waals surface area contributed by atoms with Crippen molar-refractivity contribution in [2.24, 2.45) is 0 Å². The number of ether oxygens (including phenoxy) is 2. The van der Waals surface area contributed by atoms with E-state index in [4.69, 9.17) is 9.47 Å². The van der Waals surface area contributed by atoms with Crippen molar-refractivity contribution in [3.05, 3.63) is 48.7 Å². The zero-order valence-electron chi connectivity index (χ0n) is 14.0. The second kappa shape index (κ2) is 6.18. The highest BCUT2D eigenvalue weighted by Crippen LogP contribution is 2.35. The van der Waals surface area contributed by atoms with Gasteiger partial charge in [0.1, 0.15) is 5.82 Å². The van der Waals surface area contributed by atoms with Gasteiger partial charge >= 0.3 is 0 Å². The number of nitrogens with one attached hydrogen (secondary N) is 2. The number of pyridine rings is 1. The lowest BCUT2D eigenvalue weighted by molar-refractivity contribution is 0.174. The van der Waals surface area contributed by atoms with E-state index < -0.39 is 0 Å². The van der Waals surface area contributed by atoms with Crippen molar-refractivity contribution in [1.29, 1.82) is 0 Å². The van der Waals surface area contributed by atoms with Crippen LogP contribution in [0, 0.1) is 0 Å². The summed E-state index contributed by atoms with van der Waals surface area (Å²) in [5, 5.41) is 6.68. The lowest BCUT2D eigenvalue weighted by Crippen LogP contribution is -2.08. The van der Waals surface area contributed by atoms with Gasteiger partial charge in [-0.15, -0.1) is 0 Å². The van der Waals surface area contributed by atoms with Crippen molar-refractivity contribution in [3.63, 3.8) is 0 Å². The number of fused-ring (bicyclic) bond motifs is 1. The molecule has 1 aliphatic heterocycles. The van der Waals surface area contributed by atoms with Gasteiger partial charge in [0, 0.05) is 30.1 Å². The number of aromatic nitrogens is 3. The Hall–Kier alpha value is -3.35. The van der Waals surface area contributed by atoms with Crippen LogP contribution in [0.5, 0.6) is 11.5 Å². The van der Waals surface area contributed by atoms with Crippen LogP contribution in [0.3, 0.4) is 0 Å². The SMILES string of the molecule is c1ccc(-c2cc(Nc3ccc4c(c3)OCO4)nc(NC3CC3)n2)nc1. The van der Waals surface area contributed by atoms with E-state index in [1.807, 2.05) is 42.5 Å². The second-order valence-electron chi connectivity index (χ2n) is 6.29. The first-order valence-corrected chi connectivity index (χ1v) is 8.57. The molecule has 26 heavy (non-hydrogen) atoms. The van der Waals surface area contributed by atoms with Crippen molar-refractivity contribution in [1.82, 2.24) is 15.0 Å². The van der Waals surface area contributed by atoms with Gasteiger partial charge in [0.25, 0.3) is 0 Å². The van der Waals surface area contributed by atoms with Crippen LogP contribution < -0.4 is 20.1 Å². The third-order valence-corrected chi connectivity index (χ3v) is 4.21. The normalized spacial score (nSPS) is 14.9. The molecule has 2 aliphatic rings. The summed E-state index contributed by atoms with van der Waals surface area (Å²) in [6.45, 7) is 0.256. The fraction of sp³-hybridized carbons (Fsp3) is 0.211. The zero-order chi connectivity index (χ0) is 17.3. The maximum atomic E-state index is 5.44. The van der Waals surface area contributed by atoms with Gasteiger partial charge in [-0.3, -0.25) is 4.98 Å². The largest absolute Gasteiger partial charge is 0.454 e. The molecule has 2 aromatic heterocycles. The van der Waals surface area contributed by atoms with E-state index in [1.165, 1.54) is 0 Å². The van der Waals surface area contributed by atoms with Crippen LogP contribution >= 0.6 is 0 Å². The molecule has 2 N–H and O–H groups in total. The van der Waals surface area contributed by atoms with Gasteiger partial charge in [-0.05, 0) is 37.1 Å². The summed E-state index contributed by atoms with van der Waals surface area (Å²) in [5.41, 5.74) is 2.45. The van der Waals surface area contributed by atoms with Crippen LogP contribution in [-0.2, 0) is 0 Å². The maximum Gasteiger partial charge on any atom is 0.231 e. The van der Waals surface area contributed by atoms with Crippen molar-refractivity contribution < 1.29 is 9.47 Å². The van der Waals surface area contributed by atoms with Crippen molar-refractivity contribution >= 4 is 17.5 Å². The van der Waals surface area contributed by atoms with Crippen molar-refractivity contribution in [2.75, 3.05) is 17.4 Å². The Kier molecular flexibility index (Phi) is 3.55. The van der Waals surface area contributed by atoms with Crippen LogP contribution in [-0.4, -0.2) is 27.8 Å². The van der Waals surface area contributed by atoms with Crippen molar-refractivity contribution in [2.45, 2.75) is 18.9 Å². The number of hydrogen-bond donors (Lipinski definition) is 2. The first-order valence-electron chi connectivity index (χ1n) is 8.57. The van der Waals surface area contributed by atoms with E-state index >= 15 is 0 Å². The fourth-order valence-corrected chi connectivity index (χ4v) is 2.75. The lowest BCUT2D eigenvalue weighted by atomic mass is 10.2. The summed E-state index contributed by atoms with van der Waals surface area (Å²) >= 11 is 0. The van der Waals surface area contributed by atoms with Gasteiger partial charge in [-0.2, -0.15) is 4.98 Å². The average molecular weight is 347 g/mol. The minimum Gasteiger partial charge on any atom is -0.454 e. The Bertz CT molecular complexity index is 944. The highest BCUT2D eigenvalue weighted by Gasteiger charge is 2.22. The molecule has 5 rings (SSSR count). The van der Waals surface area contributed by atoms with Crippen LogP contribution in [0.2, 0.25) is 0 Å². The third kappa shape index (κ3) is 3.11. The summed E-state index contributed by atoms with van der Waals surface area (Å²) in [5.74, 6) is 2.79. The zero-order valence-corrected chi connectivity index (χ0v) is 14.0. The molecule has 0 amide bonds. The van der Waals surface area contributed by atoms with Crippen molar-refractivity contribution in [3.8, 4) is 22.9 Å². The quantitative estimate of drug-likeness (QED) is 0.730. The first-order chi connectivity index (χ1) is 12.8. The molecule has 0 atom stereocenters. The number of nitrogens with zero attached hydrogens (tertiary/aromatic N) is 3. The van der Waals surface area contributed by atoms with E-state index in [1.54, 1.807) is 6.20 Å². The first kappa shape index (κ1) is 14.9. The monoisotopic (exact) mass is 347 g/mol. The molecule has 7 heteroatoms. The smallest absolute Gasteiger partial charge is 0.231 e. The predicted molar refractivity (Wildman–Crippen MR) is 97.8 cm³/mol. The predicted octanol–water partition coefficient (Wildman–Crippen LogP) is 3.59. The Morgan fingerprint density at radius 2 is 1.85 bits per heavy atom. The van der Waals surface area contributed by atoms with Gasteiger partial charge in [0.15, 0.2) is 11.5 Å². The summed E-state index contributed by atoms with van der Waals surface area (Å²) in [4.78, 5) is 13.6. The molecule has 0 bridgehead atoms. The van der Waals surface area contributed by atoms with Gasteiger partial charge < -0.3 is 20.1 Å². The Morgan fingerprint density at radius 3 is 2.69 bits per heavy atom. The molecular weight excluding hydrogens is 330 g/mol. The molecular formula is C19H17N5O2. The molecule has 1 fully saturated rings. The molecule has 0 saturated heterocycles. The van der Waals surface area contributed by atoms with Crippen LogP contribution in [0.1, 0.15) is 12.8 Å². The molecule has 0 radical (unpaired) electrons. The summed E-state index contributed by atoms with van der Waals surface area (Å²) in [6, 6.07) is 13.9. The van der Waals surface area contributed by atoms with Gasteiger partial charge in [0.05, 0.1) is 11.4 Å². The highest BCUT2D eigenvalue weighted by atomic mass is 16.7. The minimum atomic E-state index is 0.256. The number of hydrogen-bond acceptors (Lipinski definition) is 7. The fourth-order valence-electron chi connectivity index (χ4n) is 2.75. The standard InChI is InChI=1S/C19H17N5O2/c1-2-8-20-14(3-1)15-10-18(24-19(23-15)22-12-4-5-12)21-13-6-7-16-17(9-13)26-11-25-16/h1-3,6-10,12H,4-5,11H2,(H2,21,22,23,24). The van der Waals surface area contributed by atoms with E-state index in [9.17, 15) is 0 Å². The summed E-state index contributed by atoms with van der Waals surface area (Å²) in [6.07, 6.45) is 4.07. The summed E-state index contributed by atoms with van der Waals surface area (Å²) in [7, 11) is 0. The Morgan fingerprint density at radius 1 is 0.923 bits per heavy atom. The van der Waals surface area contributed by atoms with E-state index in [2.05, 4.69) is 25.6 Å². The molecule has 0 spiro atoms. The van der Waals surface area contributed by atoms with Crippen LogP contribution in [0.15, 0.2) is 48.7 Å². The highest BCUT2D eigenvalue weighted by molar-refractivity contribution is 5.67. The van der Waals surface area contributed by atoms with Gasteiger partial charge in [-0.1, -0.05) is 6.07 Å². The van der Waals surface area contributed by atoms with Gasteiger partial charge in [0.2, 0.25) is 12.7 Å². The van der Waals surface area contributed by atoms with Gasteiger partial charge in [-0.25, -0.2) is 4.98 Å². The third-order valence-electron chi connectivity index (χ3n) is 4.21. The molecule has 3 heterocycles. The minimum absolute atomic E-state index is 0.256. The Labute approximate surface area is 150 Å². The van der Waals surface area contributed by atoms with E-state index in [0.717, 1.165) is 41.4 Å². The van der Waals surface area contributed by atoms with E-state index in [-0.39, 0.29) is 6.79 Å². The molecule has 7 nitrogen and oxygen atoms in total. The maximum absolute atomic E-state index is 5.44. The molecule has 130 valence electrons. The Balaban J connectivity index is 1.48. The lowest BCUT2D eigenvalue weighted by Gasteiger charge is -2.11. The molecule has 0 unspecified atom stereocenters. The van der Waals surface area contributed by atoms with E-state index in [0.29, 0.717) is 17.8 Å². The molecule has 1 aliphatic carbocycles. The van der Waals surface area contributed by atoms with Crippen LogP contribution in [0.25, 0.3) is 11.4 Å². The topological polar surface area (TPSA) is 81.2 Å². The summed E-state index contributed by atoms with van der Waals surface area (Å²) < 4.78 is 10.8. The average Bonchev–Trinajstić information content (AvgIpc) is 3.36.